The molecule has 3 rings (SSSR count). The van der Waals surface area contributed by atoms with E-state index in [2.05, 4.69) is 17.4 Å². The second-order valence-corrected chi connectivity index (χ2v) is 7.70. The molecule has 7 nitrogen and oxygen atoms in total. The van der Waals surface area contributed by atoms with Gasteiger partial charge in [0.25, 0.3) is 0 Å². The van der Waals surface area contributed by atoms with Gasteiger partial charge < -0.3 is 15.3 Å². The van der Waals surface area contributed by atoms with E-state index in [1.165, 1.54) is 0 Å². The number of oxime groups is 1. The summed E-state index contributed by atoms with van der Waals surface area (Å²) >= 11 is 0. The summed E-state index contributed by atoms with van der Waals surface area (Å²) in [5, 5.41) is 24.3. The Morgan fingerprint density at radius 1 is 1.32 bits per heavy atom. The zero-order valence-electron chi connectivity index (χ0n) is 16.5. The van der Waals surface area contributed by atoms with Crippen molar-refractivity contribution in [3.8, 4) is 0 Å². The number of rotatable bonds is 8. The number of aliphatic carboxylic acids is 1. The predicted molar refractivity (Wildman–Crippen MR) is 109 cm³/mol. The van der Waals surface area contributed by atoms with E-state index in [-0.39, 0.29) is 12.6 Å². The second-order valence-electron chi connectivity index (χ2n) is 7.70. The predicted octanol–water partition coefficient (Wildman–Crippen LogP) is 2.69. The average molecular weight is 386 g/mol. The largest absolute Gasteiger partial charge is 0.480 e. The Bertz CT molecular complexity index is 709. The highest BCUT2D eigenvalue weighted by Gasteiger charge is 2.28. The fourth-order valence-corrected chi connectivity index (χ4v) is 3.85. The standard InChI is InChI=1S/C21H30N4O3/c1-2-9-23-21(22)17-5-3-16(4-6-17)19-13-18(28-24-19)12-15-7-10-25(11-8-15)14-20(26)27/h3-6,15,18H,2,7-14H2,1H3,(H2,22,23)(H,26,27). The van der Waals surface area contributed by atoms with Crippen molar-refractivity contribution in [1.29, 1.82) is 5.41 Å². The van der Waals surface area contributed by atoms with Gasteiger partial charge in [0, 0.05) is 18.5 Å². The molecule has 0 radical (unpaired) electrons. The van der Waals surface area contributed by atoms with Crippen molar-refractivity contribution in [2.75, 3.05) is 26.2 Å². The molecule has 2 aliphatic rings. The number of hydrogen-bond donors (Lipinski definition) is 3. The Hall–Kier alpha value is -2.41. The van der Waals surface area contributed by atoms with Crippen LogP contribution in [-0.2, 0) is 9.63 Å². The summed E-state index contributed by atoms with van der Waals surface area (Å²) in [6.07, 6.45) is 4.91. The molecule has 0 aromatic heterocycles. The summed E-state index contributed by atoms with van der Waals surface area (Å²) in [4.78, 5) is 18.5. The van der Waals surface area contributed by atoms with Crippen LogP contribution in [0.25, 0.3) is 0 Å². The number of amidine groups is 1. The fourth-order valence-electron chi connectivity index (χ4n) is 3.85. The van der Waals surface area contributed by atoms with Crippen molar-refractivity contribution in [2.45, 2.75) is 45.1 Å². The molecule has 0 bridgehead atoms. The van der Waals surface area contributed by atoms with Gasteiger partial charge in [0.1, 0.15) is 11.9 Å². The summed E-state index contributed by atoms with van der Waals surface area (Å²) in [5.74, 6) is 0.264. The third-order valence-corrected chi connectivity index (χ3v) is 5.45. The molecule has 1 aromatic rings. The Balaban J connectivity index is 1.45. The molecule has 0 saturated carbocycles. The number of carbonyl (C=O) groups is 1. The van der Waals surface area contributed by atoms with Crippen LogP contribution in [0.1, 0.15) is 50.2 Å². The zero-order chi connectivity index (χ0) is 19.9. The lowest BCUT2D eigenvalue weighted by Gasteiger charge is -2.31. The van der Waals surface area contributed by atoms with Crippen LogP contribution in [0.3, 0.4) is 0 Å². The summed E-state index contributed by atoms with van der Waals surface area (Å²) in [6.45, 7) is 4.71. The Morgan fingerprint density at radius 2 is 2.04 bits per heavy atom. The third-order valence-electron chi connectivity index (χ3n) is 5.45. The highest BCUT2D eigenvalue weighted by molar-refractivity contribution is 6.02. The number of nitrogens with zero attached hydrogens (tertiary/aromatic N) is 2. The number of hydrogen-bond acceptors (Lipinski definition) is 5. The molecule has 2 aliphatic heterocycles. The lowest BCUT2D eigenvalue weighted by Crippen LogP contribution is -2.38. The van der Waals surface area contributed by atoms with Crippen molar-refractivity contribution in [1.82, 2.24) is 10.2 Å². The molecular formula is C21H30N4O3. The minimum atomic E-state index is -0.752. The van der Waals surface area contributed by atoms with Crippen molar-refractivity contribution in [3.05, 3.63) is 35.4 Å². The van der Waals surface area contributed by atoms with Crippen LogP contribution in [0.5, 0.6) is 0 Å². The van der Waals surface area contributed by atoms with Crippen LogP contribution in [-0.4, -0.2) is 59.8 Å². The SMILES string of the molecule is CCCNC(=N)c1ccc(C2=NOC(CC3CCN(CC(=O)O)CC3)C2)cc1. The van der Waals surface area contributed by atoms with E-state index in [1.807, 2.05) is 29.2 Å². The molecule has 1 saturated heterocycles. The third kappa shape index (κ3) is 5.55. The van der Waals surface area contributed by atoms with E-state index in [0.717, 1.165) is 68.6 Å². The monoisotopic (exact) mass is 386 g/mol. The Labute approximate surface area is 166 Å². The molecule has 3 N–H and O–H groups in total. The molecule has 0 spiro atoms. The molecule has 28 heavy (non-hydrogen) atoms. The number of benzene rings is 1. The van der Waals surface area contributed by atoms with E-state index in [9.17, 15) is 4.79 Å². The van der Waals surface area contributed by atoms with E-state index in [1.54, 1.807) is 0 Å². The highest BCUT2D eigenvalue weighted by Crippen LogP contribution is 2.27. The molecule has 1 unspecified atom stereocenters. The van der Waals surface area contributed by atoms with Gasteiger partial charge in [-0.1, -0.05) is 36.3 Å². The Morgan fingerprint density at radius 3 is 2.68 bits per heavy atom. The van der Waals surface area contributed by atoms with Crippen molar-refractivity contribution in [2.24, 2.45) is 11.1 Å². The van der Waals surface area contributed by atoms with Crippen LogP contribution >= 0.6 is 0 Å². The highest BCUT2D eigenvalue weighted by atomic mass is 16.6. The maximum atomic E-state index is 10.8. The molecule has 152 valence electrons. The first kappa shape index (κ1) is 20.3. The van der Waals surface area contributed by atoms with Crippen molar-refractivity contribution >= 4 is 17.5 Å². The smallest absolute Gasteiger partial charge is 0.317 e. The summed E-state index contributed by atoms with van der Waals surface area (Å²) in [7, 11) is 0. The fraction of sp³-hybridized carbons (Fsp3) is 0.571. The first-order chi connectivity index (χ1) is 13.5. The number of carboxylic acids is 1. The molecule has 0 aliphatic carbocycles. The number of piperidine rings is 1. The van der Waals surface area contributed by atoms with E-state index in [4.69, 9.17) is 15.4 Å². The molecule has 7 heteroatoms. The van der Waals surface area contributed by atoms with Crippen LogP contribution in [0, 0.1) is 11.3 Å². The molecular weight excluding hydrogens is 356 g/mol. The van der Waals surface area contributed by atoms with Crippen LogP contribution in [0.15, 0.2) is 29.4 Å². The molecule has 2 heterocycles. The lowest BCUT2D eigenvalue weighted by atomic mass is 9.89. The maximum Gasteiger partial charge on any atom is 0.317 e. The van der Waals surface area contributed by atoms with Crippen LogP contribution in [0.2, 0.25) is 0 Å². The van der Waals surface area contributed by atoms with E-state index in [0.29, 0.717) is 11.8 Å². The number of likely N-dealkylation sites (tertiary alicyclic amines) is 1. The van der Waals surface area contributed by atoms with Gasteiger partial charge in [0.2, 0.25) is 0 Å². The average Bonchev–Trinajstić information content (AvgIpc) is 3.16. The minimum Gasteiger partial charge on any atom is -0.480 e. The Kier molecular flexibility index (Phi) is 7.03. The number of nitrogens with one attached hydrogen (secondary N) is 2. The zero-order valence-corrected chi connectivity index (χ0v) is 16.5. The van der Waals surface area contributed by atoms with Gasteiger partial charge in [-0.25, -0.2) is 0 Å². The van der Waals surface area contributed by atoms with Gasteiger partial charge in [0.05, 0.1) is 12.3 Å². The topological polar surface area (TPSA) is 98.0 Å². The normalized spacial score (nSPS) is 20.5. The van der Waals surface area contributed by atoms with Crippen LogP contribution in [0.4, 0.5) is 0 Å². The van der Waals surface area contributed by atoms with Gasteiger partial charge in [-0.05, 0) is 50.3 Å². The number of carboxylic acid groups (broad SMARTS) is 1. The molecule has 1 atom stereocenters. The second kappa shape index (κ2) is 9.68. The molecule has 0 amide bonds. The van der Waals surface area contributed by atoms with Crippen molar-refractivity contribution < 1.29 is 14.7 Å². The van der Waals surface area contributed by atoms with Crippen molar-refractivity contribution in [3.63, 3.8) is 0 Å². The summed E-state index contributed by atoms with van der Waals surface area (Å²) in [5.41, 5.74) is 2.89. The van der Waals surface area contributed by atoms with Crippen LogP contribution < -0.4 is 5.32 Å². The lowest BCUT2D eigenvalue weighted by molar-refractivity contribution is -0.138. The van der Waals surface area contributed by atoms with Gasteiger partial charge in [0.15, 0.2) is 0 Å². The van der Waals surface area contributed by atoms with Gasteiger partial charge in [-0.15, -0.1) is 0 Å². The maximum absolute atomic E-state index is 10.8. The summed E-state index contributed by atoms with van der Waals surface area (Å²) in [6, 6.07) is 7.92. The quantitative estimate of drug-likeness (QED) is 0.471. The molecule has 1 aromatic carbocycles. The summed E-state index contributed by atoms with van der Waals surface area (Å²) < 4.78 is 0. The first-order valence-electron chi connectivity index (χ1n) is 10.1. The van der Waals surface area contributed by atoms with Gasteiger partial charge in [-0.3, -0.25) is 15.1 Å². The van der Waals surface area contributed by atoms with Gasteiger partial charge >= 0.3 is 5.97 Å². The first-order valence-corrected chi connectivity index (χ1v) is 10.1. The minimum absolute atomic E-state index is 0.107. The van der Waals surface area contributed by atoms with E-state index >= 15 is 0 Å². The van der Waals surface area contributed by atoms with E-state index < -0.39 is 5.97 Å². The molecule has 1 fully saturated rings. The van der Waals surface area contributed by atoms with Gasteiger partial charge in [-0.2, -0.15) is 0 Å².